The highest BCUT2D eigenvalue weighted by Gasteiger charge is 2.34. The third-order valence-corrected chi connectivity index (χ3v) is 9.37. The molecule has 3 aromatic rings. The number of thioether (sulfide) groups is 1. The van der Waals surface area contributed by atoms with Crippen molar-refractivity contribution in [2.45, 2.75) is 19.0 Å². The summed E-state index contributed by atoms with van der Waals surface area (Å²) >= 11 is 12.5. The molecule has 9 nitrogen and oxygen atoms in total. The number of morpholine rings is 1. The van der Waals surface area contributed by atoms with Gasteiger partial charge in [0.15, 0.2) is 0 Å². The van der Waals surface area contributed by atoms with Crippen LogP contribution in [-0.4, -0.2) is 83.0 Å². The zero-order chi connectivity index (χ0) is 35.1. The average molecular weight is 734 g/mol. The van der Waals surface area contributed by atoms with Gasteiger partial charge in [-0.15, -0.1) is 0 Å². The quantitative estimate of drug-likeness (QED) is 0.157. The first-order valence-corrected chi connectivity index (χ1v) is 16.8. The highest BCUT2D eigenvalue weighted by molar-refractivity contribution is 8.26. The number of hydrogen-bond donors (Lipinski definition) is 2. The Labute approximate surface area is 295 Å². The number of nitrogens with zero attached hydrogens (tertiary/aromatic N) is 2. The second-order valence-electron chi connectivity index (χ2n) is 11.1. The number of ether oxygens (including phenoxy) is 2. The Morgan fingerprint density at radius 1 is 1.06 bits per heavy atom. The molecule has 0 radical (unpaired) electrons. The third kappa shape index (κ3) is 9.82. The summed E-state index contributed by atoms with van der Waals surface area (Å²) < 4.78 is 51.7. The van der Waals surface area contributed by atoms with E-state index >= 15 is 0 Å². The van der Waals surface area contributed by atoms with Gasteiger partial charge in [0.1, 0.15) is 16.7 Å². The molecule has 0 saturated carbocycles. The summed E-state index contributed by atoms with van der Waals surface area (Å²) in [5.74, 6) is -1.32. The topological polar surface area (TPSA) is 108 Å². The van der Waals surface area contributed by atoms with Crippen molar-refractivity contribution in [3.63, 3.8) is 0 Å². The van der Waals surface area contributed by atoms with Gasteiger partial charge in [-0.1, -0.05) is 59.8 Å². The molecule has 15 heteroatoms. The van der Waals surface area contributed by atoms with Crippen molar-refractivity contribution in [1.29, 1.82) is 0 Å². The Balaban J connectivity index is 1.32. The number of hydrogen-bond acceptors (Lipinski definition) is 8. The minimum atomic E-state index is -4.60. The lowest BCUT2D eigenvalue weighted by Crippen LogP contribution is -2.38. The van der Waals surface area contributed by atoms with E-state index in [0.717, 1.165) is 30.9 Å². The van der Waals surface area contributed by atoms with Crippen LogP contribution in [0.15, 0.2) is 65.6 Å². The zero-order valence-corrected chi connectivity index (χ0v) is 28.3. The fraction of sp³-hybridized carbons (Fsp3) is 0.294. The Morgan fingerprint density at radius 2 is 1.80 bits per heavy atom. The molecule has 0 aliphatic carbocycles. The normalized spacial score (nSPS) is 16.3. The maximum Gasteiger partial charge on any atom is 0.417 e. The predicted octanol–water partition coefficient (Wildman–Crippen LogP) is 6.59. The van der Waals surface area contributed by atoms with E-state index in [0.29, 0.717) is 60.1 Å². The number of carbonyl (C=O) groups excluding carboxylic acids is 2. The number of benzene rings is 3. The van der Waals surface area contributed by atoms with Crippen LogP contribution in [0.4, 0.5) is 18.9 Å². The van der Waals surface area contributed by atoms with Crippen molar-refractivity contribution in [2.75, 3.05) is 51.3 Å². The molecule has 2 fully saturated rings. The van der Waals surface area contributed by atoms with Gasteiger partial charge in [-0.05, 0) is 59.2 Å². The van der Waals surface area contributed by atoms with Gasteiger partial charge in [-0.25, -0.2) is 0 Å². The molecule has 258 valence electrons. The van der Waals surface area contributed by atoms with Crippen molar-refractivity contribution in [3.8, 4) is 16.9 Å². The highest BCUT2D eigenvalue weighted by Crippen LogP contribution is 2.39. The molecular formula is C34H31ClF3N3O6S2. The fourth-order valence-corrected chi connectivity index (χ4v) is 6.80. The minimum Gasteiger partial charge on any atom is -0.492 e. The molecule has 0 unspecified atom stereocenters. The molecule has 0 aromatic heterocycles. The van der Waals surface area contributed by atoms with Crippen LogP contribution in [0.25, 0.3) is 17.2 Å². The van der Waals surface area contributed by atoms with E-state index in [1.54, 1.807) is 48.5 Å². The SMILES string of the molecule is O=C(O)Cc1cccc(NC(=O)CCN2C(=O)/C(=C/c3cc(-c4ccc(C(F)(F)F)c(Cl)c4)ccc3OCCN3CCOCC3)SC2=S)c1. The predicted molar refractivity (Wildman–Crippen MR) is 186 cm³/mol. The van der Waals surface area contributed by atoms with Crippen LogP contribution in [0.5, 0.6) is 5.75 Å². The van der Waals surface area contributed by atoms with Gasteiger partial charge in [0.25, 0.3) is 5.91 Å². The smallest absolute Gasteiger partial charge is 0.417 e. The number of aliphatic carboxylic acids is 1. The lowest BCUT2D eigenvalue weighted by Gasteiger charge is -2.26. The number of carboxylic acid groups (broad SMARTS) is 1. The second kappa shape index (κ2) is 16.2. The van der Waals surface area contributed by atoms with Crippen molar-refractivity contribution in [3.05, 3.63) is 87.3 Å². The number of rotatable bonds is 12. The van der Waals surface area contributed by atoms with Gasteiger partial charge in [-0.3, -0.25) is 24.2 Å². The molecule has 0 atom stereocenters. The molecule has 3 aromatic carbocycles. The summed E-state index contributed by atoms with van der Waals surface area (Å²) in [5.41, 5.74) is 1.54. The molecule has 2 saturated heterocycles. The van der Waals surface area contributed by atoms with Crippen LogP contribution in [-0.2, 0) is 31.7 Å². The van der Waals surface area contributed by atoms with E-state index in [-0.39, 0.29) is 34.5 Å². The lowest BCUT2D eigenvalue weighted by molar-refractivity contribution is -0.138. The Hall–Kier alpha value is -3.95. The zero-order valence-electron chi connectivity index (χ0n) is 25.9. The fourth-order valence-electron chi connectivity index (χ4n) is 5.21. The first-order valence-electron chi connectivity index (χ1n) is 15.2. The molecule has 0 bridgehead atoms. The summed E-state index contributed by atoms with van der Waals surface area (Å²) in [7, 11) is 0. The first-order chi connectivity index (χ1) is 23.4. The van der Waals surface area contributed by atoms with Gasteiger partial charge in [0.2, 0.25) is 5.91 Å². The van der Waals surface area contributed by atoms with E-state index in [1.807, 2.05) is 0 Å². The van der Waals surface area contributed by atoms with Crippen molar-refractivity contribution in [1.82, 2.24) is 9.80 Å². The maximum absolute atomic E-state index is 13.5. The third-order valence-electron chi connectivity index (χ3n) is 7.68. The number of carboxylic acids is 1. The van der Waals surface area contributed by atoms with Gasteiger partial charge < -0.3 is 19.9 Å². The Kier molecular flexibility index (Phi) is 12.0. The van der Waals surface area contributed by atoms with Gasteiger partial charge >= 0.3 is 12.1 Å². The number of nitrogens with one attached hydrogen (secondary N) is 1. The number of carbonyl (C=O) groups is 3. The monoisotopic (exact) mass is 733 g/mol. The summed E-state index contributed by atoms with van der Waals surface area (Å²) in [6.45, 7) is 3.84. The van der Waals surface area contributed by atoms with E-state index in [9.17, 15) is 27.6 Å². The number of thiocarbonyl (C=S) groups is 1. The molecule has 2 heterocycles. The van der Waals surface area contributed by atoms with E-state index < -0.39 is 28.6 Å². The number of anilines is 1. The van der Waals surface area contributed by atoms with Gasteiger partial charge in [0.05, 0.1) is 35.1 Å². The minimum absolute atomic E-state index is 0.00958. The molecule has 49 heavy (non-hydrogen) atoms. The van der Waals surface area contributed by atoms with E-state index in [2.05, 4.69) is 10.2 Å². The van der Waals surface area contributed by atoms with Crippen LogP contribution in [0.1, 0.15) is 23.1 Å². The number of amides is 2. The van der Waals surface area contributed by atoms with Crippen molar-refractivity contribution >= 4 is 69.4 Å². The highest BCUT2D eigenvalue weighted by atomic mass is 35.5. The standard InChI is InChI=1S/C34H31ClF3N3O6S2/c35-27-19-23(4-6-26(27)34(36,37)38)22-5-7-28(47-15-12-40-10-13-46-14-11-40)24(18-22)20-29-32(45)41(33(48)49-29)9-8-30(42)39-25-3-1-2-21(16-25)17-31(43)44/h1-7,16,18-20H,8-15,17H2,(H,39,42)(H,43,44)/b29-20-. The number of alkyl halides is 3. The number of halogens is 4. The molecule has 2 aliphatic heterocycles. The van der Waals surface area contributed by atoms with Gasteiger partial charge in [0, 0.05) is 43.9 Å². The summed E-state index contributed by atoms with van der Waals surface area (Å²) in [6.07, 6.45) is -3.23. The maximum atomic E-state index is 13.5. The molecule has 2 aliphatic rings. The van der Waals surface area contributed by atoms with Gasteiger partial charge in [-0.2, -0.15) is 13.2 Å². The average Bonchev–Trinajstić information content (AvgIpc) is 3.31. The molecule has 0 spiro atoms. The van der Waals surface area contributed by atoms with Crippen molar-refractivity contribution in [2.24, 2.45) is 0 Å². The van der Waals surface area contributed by atoms with Crippen LogP contribution in [0.2, 0.25) is 5.02 Å². The van der Waals surface area contributed by atoms with Crippen molar-refractivity contribution < 1.29 is 42.1 Å². The van der Waals surface area contributed by atoms with E-state index in [4.69, 9.17) is 38.4 Å². The van der Waals surface area contributed by atoms with Crippen LogP contribution < -0.4 is 10.1 Å². The van der Waals surface area contributed by atoms with Crippen LogP contribution in [0.3, 0.4) is 0 Å². The lowest BCUT2D eigenvalue weighted by atomic mass is 10.0. The molecule has 5 rings (SSSR count). The molecular weight excluding hydrogens is 703 g/mol. The van der Waals surface area contributed by atoms with Crippen LogP contribution >= 0.6 is 35.6 Å². The molecule has 2 N–H and O–H groups in total. The second-order valence-corrected chi connectivity index (χ2v) is 13.2. The van der Waals surface area contributed by atoms with E-state index in [1.165, 1.54) is 17.0 Å². The Bertz CT molecular complexity index is 1780. The van der Waals surface area contributed by atoms with Crippen LogP contribution in [0, 0.1) is 0 Å². The molecule has 2 amide bonds. The summed E-state index contributed by atoms with van der Waals surface area (Å²) in [6, 6.07) is 15.1. The first kappa shape index (κ1) is 36.3. The summed E-state index contributed by atoms with van der Waals surface area (Å²) in [4.78, 5) is 41.0. The Morgan fingerprint density at radius 3 is 2.51 bits per heavy atom. The summed E-state index contributed by atoms with van der Waals surface area (Å²) in [5, 5.41) is 11.3. The largest absolute Gasteiger partial charge is 0.492 e.